The van der Waals surface area contributed by atoms with E-state index in [0.717, 1.165) is 19.3 Å². The molecule has 0 amide bonds. The molecule has 0 aromatic carbocycles. The highest BCUT2D eigenvalue weighted by atomic mass is 16.7. The molecular formula is C20H32O9. The van der Waals surface area contributed by atoms with Crippen molar-refractivity contribution in [2.45, 2.75) is 78.1 Å². The summed E-state index contributed by atoms with van der Waals surface area (Å²) >= 11 is 0. The molecule has 9 nitrogen and oxygen atoms in total. The summed E-state index contributed by atoms with van der Waals surface area (Å²) in [5, 5.41) is 0. The average Bonchev–Trinajstić information content (AvgIpc) is 2.65. The van der Waals surface area contributed by atoms with Crippen molar-refractivity contribution in [2.75, 3.05) is 20.0 Å². The van der Waals surface area contributed by atoms with Crippen LogP contribution in [-0.2, 0) is 42.9 Å². The zero-order valence-corrected chi connectivity index (χ0v) is 17.4. The molecule has 0 N–H and O–H groups in total. The van der Waals surface area contributed by atoms with Crippen LogP contribution in [0.1, 0.15) is 78.1 Å². The highest BCUT2D eigenvalue weighted by Crippen LogP contribution is 2.05. The van der Waals surface area contributed by atoms with Crippen LogP contribution >= 0.6 is 0 Å². The number of unbranched alkanes of at least 4 members (excludes halogenated alkanes) is 4. The van der Waals surface area contributed by atoms with E-state index < -0.39 is 24.7 Å². The molecule has 0 heterocycles. The molecule has 166 valence electrons. The fourth-order valence-corrected chi connectivity index (χ4v) is 2.17. The summed E-state index contributed by atoms with van der Waals surface area (Å²) in [6, 6.07) is 0. The van der Waals surface area contributed by atoms with E-state index in [1.807, 2.05) is 0 Å². The maximum Gasteiger partial charge on any atom is 0.309 e. The number of ketones is 1. The lowest BCUT2D eigenvalue weighted by atomic mass is 10.1. The molecule has 0 bridgehead atoms. The van der Waals surface area contributed by atoms with Gasteiger partial charge in [-0.05, 0) is 45.4 Å². The van der Waals surface area contributed by atoms with Crippen LogP contribution < -0.4 is 0 Å². The van der Waals surface area contributed by atoms with Crippen molar-refractivity contribution in [3.63, 3.8) is 0 Å². The summed E-state index contributed by atoms with van der Waals surface area (Å²) in [5.74, 6) is -1.81. The molecule has 0 unspecified atom stereocenters. The van der Waals surface area contributed by atoms with Crippen LogP contribution in [0.15, 0.2) is 0 Å². The lowest BCUT2D eigenvalue weighted by molar-refractivity contribution is -0.167. The largest absolute Gasteiger partial charge is 0.466 e. The van der Waals surface area contributed by atoms with Crippen LogP contribution in [0.2, 0.25) is 0 Å². The normalized spacial score (nSPS) is 10.1. The van der Waals surface area contributed by atoms with Gasteiger partial charge in [0, 0.05) is 19.8 Å². The first-order chi connectivity index (χ1) is 13.8. The molecule has 9 heteroatoms. The Kier molecular flexibility index (Phi) is 16.1. The Bertz CT molecular complexity index is 528. The third-order valence-electron chi connectivity index (χ3n) is 3.74. The predicted molar refractivity (Wildman–Crippen MR) is 101 cm³/mol. The van der Waals surface area contributed by atoms with E-state index in [0.29, 0.717) is 38.7 Å². The van der Waals surface area contributed by atoms with Crippen LogP contribution in [-0.4, -0.2) is 49.7 Å². The molecule has 0 aliphatic carbocycles. The maximum atomic E-state index is 11.6. The van der Waals surface area contributed by atoms with Gasteiger partial charge in [0.15, 0.2) is 0 Å². The van der Waals surface area contributed by atoms with Gasteiger partial charge in [-0.25, -0.2) is 0 Å². The van der Waals surface area contributed by atoms with Crippen molar-refractivity contribution < 1.29 is 42.9 Å². The van der Waals surface area contributed by atoms with Crippen LogP contribution in [0.4, 0.5) is 0 Å². The van der Waals surface area contributed by atoms with E-state index in [1.54, 1.807) is 6.92 Å². The Labute approximate surface area is 171 Å². The molecule has 0 aromatic rings. The Balaban J connectivity index is 3.47. The number of esters is 4. The summed E-state index contributed by atoms with van der Waals surface area (Å²) in [6.07, 6.45) is 5.03. The van der Waals surface area contributed by atoms with Gasteiger partial charge in [-0.2, -0.15) is 0 Å². The Hall–Kier alpha value is -2.45. The van der Waals surface area contributed by atoms with E-state index >= 15 is 0 Å². The Morgan fingerprint density at radius 2 is 1.00 bits per heavy atom. The van der Waals surface area contributed by atoms with E-state index in [1.165, 1.54) is 6.92 Å². The summed E-state index contributed by atoms with van der Waals surface area (Å²) in [6.45, 7) is 2.87. The number of carbonyl (C=O) groups is 5. The van der Waals surface area contributed by atoms with E-state index in [-0.39, 0.29) is 31.2 Å². The minimum atomic E-state index is -0.652. The van der Waals surface area contributed by atoms with Crippen LogP contribution in [0.25, 0.3) is 0 Å². The standard InChI is InChI=1S/C20H32O9/c1-16(21)9-5-3-7-13-26-18(23)10-6-4-8-14-27-19(24)11-12-20(25)29-15-28-17(2)22/h3-15H2,1-2H3. The lowest BCUT2D eigenvalue weighted by Gasteiger charge is -2.06. The summed E-state index contributed by atoms with van der Waals surface area (Å²) < 4.78 is 19.1. The molecule has 0 spiro atoms. The first-order valence-corrected chi connectivity index (χ1v) is 9.91. The van der Waals surface area contributed by atoms with Gasteiger partial charge >= 0.3 is 23.9 Å². The van der Waals surface area contributed by atoms with Gasteiger partial charge < -0.3 is 23.7 Å². The average molecular weight is 416 g/mol. The van der Waals surface area contributed by atoms with Gasteiger partial charge in [0.25, 0.3) is 0 Å². The number of ether oxygens (including phenoxy) is 4. The van der Waals surface area contributed by atoms with E-state index in [4.69, 9.17) is 9.47 Å². The molecule has 0 saturated heterocycles. The van der Waals surface area contributed by atoms with Crippen molar-refractivity contribution in [2.24, 2.45) is 0 Å². The van der Waals surface area contributed by atoms with Crippen molar-refractivity contribution in [1.29, 1.82) is 0 Å². The van der Waals surface area contributed by atoms with Crippen LogP contribution in [0.3, 0.4) is 0 Å². The summed E-state index contributed by atoms with van der Waals surface area (Å²) in [5.41, 5.74) is 0. The number of rotatable bonds is 17. The first-order valence-electron chi connectivity index (χ1n) is 9.91. The van der Waals surface area contributed by atoms with Gasteiger partial charge in [0.1, 0.15) is 5.78 Å². The SMILES string of the molecule is CC(=O)CCCCCOC(=O)CCCCCOC(=O)CCC(=O)OCOC(C)=O. The van der Waals surface area contributed by atoms with Crippen LogP contribution in [0, 0.1) is 0 Å². The predicted octanol–water partition coefficient (Wildman–Crippen LogP) is 2.63. The molecular weight excluding hydrogens is 384 g/mol. The van der Waals surface area contributed by atoms with E-state index in [9.17, 15) is 24.0 Å². The highest BCUT2D eigenvalue weighted by Gasteiger charge is 2.10. The van der Waals surface area contributed by atoms with Crippen molar-refractivity contribution in [1.82, 2.24) is 0 Å². The topological polar surface area (TPSA) is 122 Å². The van der Waals surface area contributed by atoms with Gasteiger partial charge in [-0.15, -0.1) is 0 Å². The smallest absolute Gasteiger partial charge is 0.309 e. The monoisotopic (exact) mass is 416 g/mol. The first kappa shape index (κ1) is 26.6. The fraction of sp³-hybridized carbons (Fsp3) is 0.750. The zero-order chi connectivity index (χ0) is 21.9. The van der Waals surface area contributed by atoms with Gasteiger partial charge in [0.05, 0.1) is 26.1 Å². The molecule has 0 aromatic heterocycles. The Morgan fingerprint density at radius 3 is 1.52 bits per heavy atom. The molecule has 0 rings (SSSR count). The molecule has 0 aliphatic heterocycles. The van der Waals surface area contributed by atoms with Crippen molar-refractivity contribution in [3.8, 4) is 0 Å². The quantitative estimate of drug-likeness (QED) is 0.152. The summed E-state index contributed by atoms with van der Waals surface area (Å²) in [7, 11) is 0. The second kappa shape index (κ2) is 17.6. The molecule has 0 fully saturated rings. The number of hydrogen-bond donors (Lipinski definition) is 0. The third-order valence-corrected chi connectivity index (χ3v) is 3.74. The number of hydrogen-bond acceptors (Lipinski definition) is 9. The molecule has 0 aliphatic rings. The van der Waals surface area contributed by atoms with E-state index in [2.05, 4.69) is 9.47 Å². The second-order valence-corrected chi connectivity index (χ2v) is 6.53. The molecule has 0 atom stereocenters. The number of carbonyl (C=O) groups excluding carboxylic acids is 5. The minimum absolute atomic E-state index is 0.113. The third kappa shape index (κ3) is 20.1. The van der Waals surface area contributed by atoms with Crippen molar-refractivity contribution >= 4 is 29.7 Å². The molecule has 0 radical (unpaired) electrons. The second-order valence-electron chi connectivity index (χ2n) is 6.53. The maximum absolute atomic E-state index is 11.6. The minimum Gasteiger partial charge on any atom is -0.466 e. The number of Topliss-reactive ketones (excluding diaryl/α,β-unsaturated/α-hetero) is 1. The van der Waals surface area contributed by atoms with Gasteiger partial charge in [-0.1, -0.05) is 0 Å². The Morgan fingerprint density at radius 1 is 0.517 bits per heavy atom. The van der Waals surface area contributed by atoms with Gasteiger partial charge in [-0.3, -0.25) is 19.2 Å². The molecule has 0 saturated carbocycles. The van der Waals surface area contributed by atoms with Gasteiger partial charge in [0.2, 0.25) is 6.79 Å². The zero-order valence-electron chi connectivity index (χ0n) is 17.4. The fourth-order valence-electron chi connectivity index (χ4n) is 2.17. The molecule has 29 heavy (non-hydrogen) atoms. The lowest BCUT2D eigenvalue weighted by Crippen LogP contribution is -2.13. The summed E-state index contributed by atoms with van der Waals surface area (Å²) in [4.78, 5) is 55.6. The highest BCUT2D eigenvalue weighted by molar-refractivity contribution is 5.77. The van der Waals surface area contributed by atoms with Crippen molar-refractivity contribution in [3.05, 3.63) is 0 Å². The van der Waals surface area contributed by atoms with Crippen LogP contribution in [0.5, 0.6) is 0 Å².